The number of nitrogen functional groups attached to an aromatic ring is 1. The number of hydrogen-bond acceptors (Lipinski definition) is 3. The highest BCUT2D eigenvalue weighted by atomic mass is 16.2. The van der Waals surface area contributed by atoms with Gasteiger partial charge in [0.25, 0.3) is 5.91 Å². The molecule has 1 aromatic heterocycles. The van der Waals surface area contributed by atoms with Gasteiger partial charge in [-0.3, -0.25) is 4.79 Å². The number of likely N-dealkylation sites (tertiary alicyclic amines) is 1. The van der Waals surface area contributed by atoms with Crippen molar-refractivity contribution in [1.29, 1.82) is 0 Å². The Kier molecular flexibility index (Phi) is 3.40. The number of amides is 1. The van der Waals surface area contributed by atoms with Crippen molar-refractivity contribution in [2.75, 3.05) is 12.3 Å². The zero-order chi connectivity index (χ0) is 13.2. The fourth-order valence-electron chi connectivity index (χ4n) is 3.59. The summed E-state index contributed by atoms with van der Waals surface area (Å²) in [7, 11) is 0. The zero-order valence-electron chi connectivity index (χ0n) is 11.2. The number of piperidine rings is 1. The highest BCUT2D eigenvalue weighted by Crippen LogP contribution is 2.35. The molecule has 0 bridgehead atoms. The van der Waals surface area contributed by atoms with Crippen LogP contribution in [0.4, 0.5) is 5.82 Å². The monoisotopic (exact) mass is 259 g/mol. The van der Waals surface area contributed by atoms with Gasteiger partial charge in [-0.2, -0.15) is 0 Å². The van der Waals surface area contributed by atoms with Gasteiger partial charge in [0.15, 0.2) is 0 Å². The molecule has 1 amide bonds. The lowest BCUT2D eigenvalue weighted by Gasteiger charge is -2.44. The molecule has 1 aromatic rings. The lowest BCUT2D eigenvalue weighted by atomic mass is 9.78. The molecule has 1 aliphatic carbocycles. The molecule has 0 radical (unpaired) electrons. The minimum atomic E-state index is 0.0592. The third-order valence-electron chi connectivity index (χ3n) is 4.49. The van der Waals surface area contributed by atoms with Crippen molar-refractivity contribution >= 4 is 11.7 Å². The van der Waals surface area contributed by atoms with Gasteiger partial charge >= 0.3 is 0 Å². The van der Waals surface area contributed by atoms with Gasteiger partial charge in [-0.15, -0.1) is 0 Å². The van der Waals surface area contributed by atoms with Gasteiger partial charge in [0.1, 0.15) is 11.5 Å². The smallest absolute Gasteiger partial charge is 0.272 e. The van der Waals surface area contributed by atoms with Crippen LogP contribution in [0.1, 0.15) is 49.0 Å². The Morgan fingerprint density at radius 1 is 1.21 bits per heavy atom. The number of carbonyl (C=O) groups excluding carboxylic acids is 1. The molecule has 2 atom stereocenters. The van der Waals surface area contributed by atoms with Crippen LogP contribution >= 0.6 is 0 Å². The third-order valence-corrected chi connectivity index (χ3v) is 4.49. The van der Waals surface area contributed by atoms with E-state index in [1.54, 1.807) is 18.2 Å². The molecule has 102 valence electrons. The molecule has 3 rings (SSSR count). The Morgan fingerprint density at radius 3 is 2.84 bits per heavy atom. The number of rotatable bonds is 1. The number of hydrogen-bond donors (Lipinski definition) is 1. The van der Waals surface area contributed by atoms with E-state index in [0.717, 1.165) is 19.4 Å². The van der Waals surface area contributed by atoms with Crippen LogP contribution in [0.15, 0.2) is 18.2 Å². The molecule has 2 fully saturated rings. The number of aromatic nitrogens is 1. The quantitative estimate of drug-likeness (QED) is 0.842. The van der Waals surface area contributed by atoms with E-state index in [1.165, 1.54) is 25.7 Å². The maximum absolute atomic E-state index is 12.6. The second-order valence-corrected chi connectivity index (χ2v) is 5.70. The molecule has 0 spiro atoms. The molecule has 4 heteroatoms. The molecule has 2 aliphatic rings. The van der Waals surface area contributed by atoms with Crippen LogP contribution in [0.25, 0.3) is 0 Å². The normalized spacial score (nSPS) is 26.8. The second kappa shape index (κ2) is 5.19. The second-order valence-electron chi connectivity index (χ2n) is 5.70. The number of carbonyl (C=O) groups is 1. The third kappa shape index (κ3) is 2.44. The largest absolute Gasteiger partial charge is 0.384 e. The first-order chi connectivity index (χ1) is 9.25. The molecule has 1 aliphatic heterocycles. The number of nitrogens with zero attached hydrogens (tertiary/aromatic N) is 2. The summed E-state index contributed by atoms with van der Waals surface area (Å²) in [5.41, 5.74) is 6.17. The van der Waals surface area contributed by atoms with Gasteiger partial charge < -0.3 is 10.6 Å². The molecule has 2 N–H and O–H groups in total. The van der Waals surface area contributed by atoms with Crippen molar-refractivity contribution in [3.63, 3.8) is 0 Å². The highest BCUT2D eigenvalue weighted by Gasteiger charge is 2.36. The minimum Gasteiger partial charge on any atom is -0.384 e. The summed E-state index contributed by atoms with van der Waals surface area (Å²) in [6.45, 7) is 0.872. The van der Waals surface area contributed by atoms with E-state index in [4.69, 9.17) is 5.73 Å². The lowest BCUT2D eigenvalue weighted by Crippen LogP contribution is -2.49. The maximum Gasteiger partial charge on any atom is 0.272 e. The van der Waals surface area contributed by atoms with Crippen molar-refractivity contribution in [1.82, 2.24) is 9.88 Å². The van der Waals surface area contributed by atoms with E-state index >= 15 is 0 Å². The molecule has 2 heterocycles. The minimum absolute atomic E-state index is 0.0592. The Morgan fingerprint density at radius 2 is 2.00 bits per heavy atom. The Labute approximate surface area is 114 Å². The van der Waals surface area contributed by atoms with Gasteiger partial charge in [-0.05, 0) is 43.7 Å². The van der Waals surface area contributed by atoms with E-state index in [9.17, 15) is 4.79 Å². The van der Waals surface area contributed by atoms with Crippen LogP contribution in [0.5, 0.6) is 0 Å². The van der Waals surface area contributed by atoms with Gasteiger partial charge in [0.05, 0.1) is 0 Å². The van der Waals surface area contributed by atoms with Crippen molar-refractivity contribution in [2.24, 2.45) is 5.92 Å². The summed E-state index contributed by atoms with van der Waals surface area (Å²) >= 11 is 0. The average molecular weight is 259 g/mol. The first kappa shape index (κ1) is 12.5. The molecular formula is C15H21N3O. The first-order valence-electron chi connectivity index (χ1n) is 7.29. The summed E-state index contributed by atoms with van der Waals surface area (Å²) in [6.07, 6.45) is 7.39. The van der Waals surface area contributed by atoms with Crippen LogP contribution in [0, 0.1) is 5.92 Å². The highest BCUT2D eigenvalue weighted by molar-refractivity contribution is 5.93. The van der Waals surface area contributed by atoms with Crippen molar-refractivity contribution in [3.05, 3.63) is 23.9 Å². The Bertz CT molecular complexity index is 472. The molecule has 0 unspecified atom stereocenters. The standard InChI is InChI=1S/C15H21N3O/c16-14-9-3-7-12(17-14)15(19)18-10-4-6-11-5-1-2-8-13(11)18/h3,7,9,11,13H,1-2,4-6,8,10H2,(H2,16,17)/t11-,13-/m1/s1. The van der Waals surface area contributed by atoms with Gasteiger partial charge in [-0.25, -0.2) is 4.98 Å². The Hall–Kier alpha value is -1.58. The Balaban J connectivity index is 1.82. The molecular weight excluding hydrogens is 238 g/mol. The number of pyridine rings is 1. The molecule has 0 aromatic carbocycles. The van der Waals surface area contributed by atoms with Crippen LogP contribution in [0.3, 0.4) is 0 Å². The summed E-state index contributed by atoms with van der Waals surface area (Å²) in [5, 5.41) is 0. The van der Waals surface area contributed by atoms with Crippen molar-refractivity contribution < 1.29 is 4.79 Å². The fraction of sp³-hybridized carbons (Fsp3) is 0.600. The van der Waals surface area contributed by atoms with Crippen LogP contribution in [0.2, 0.25) is 0 Å². The predicted octanol–water partition coefficient (Wildman–Crippen LogP) is 2.46. The lowest BCUT2D eigenvalue weighted by molar-refractivity contribution is 0.0385. The number of fused-ring (bicyclic) bond motifs is 1. The SMILES string of the molecule is Nc1cccc(C(=O)N2CCC[C@H]3CCCC[C@H]32)n1. The van der Waals surface area contributed by atoms with Crippen LogP contribution in [-0.4, -0.2) is 28.4 Å². The number of nitrogens with two attached hydrogens (primary N) is 1. The van der Waals surface area contributed by atoms with Gasteiger partial charge in [0, 0.05) is 12.6 Å². The van der Waals surface area contributed by atoms with Gasteiger partial charge in [0.2, 0.25) is 0 Å². The maximum atomic E-state index is 12.6. The van der Waals surface area contributed by atoms with Gasteiger partial charge in [-0.1, -0.05) is 18.9 Å². The van der Waals surface area contributed by atoms with E-state index < -0.39 is 0 Å². The van der Waals surface area contributed by atoms with E-state index in [1.807, 2.05) is 0 Å². The van der Waals surface area contributed by atoms with E-state index in [0.29, 0.717) is 23.5 Å². The molecule has 1 saturated heterocycles. The summed E-state index contributed by atoms with van der Waals surface area (Å²) in [5.74, 6) is 1.18. The molecule has 19 heavy (non-hydrogen) atoms. The topological polar surface area (TPSA) is 59.2 Å². The predicted molar refractivity (Wildman–Crippen MR) is 74.7 cm³/mol. The summed E-state index contributed by atoms with van der Waals surface area (Å²) in [6, 6.07) is 5.72. The zero-order valence-corrected chi connectivity index (χ0v) is 11.2. The van der Waals surface area contributed by atoms with Crippen molar-refractivity contribution in [2.45, 2.75) is 44.6 Å². The molecule has 1 saturated carbocycles. The van der Waals surface area contributed by atoms with Crippen molar-refractivity contribution in [3.8, 4) is 0 Å². The summed E-state index contributed by atoms with van der Waals surface area (Å²) in [4.78, 5) is 18.8. The van der Waals surface area contributed by atoms with Crippen LogP contribution < -0.4 is 5.73 Å². The fourth-order valence-corrected chi connectivity index (χ4v) is 3.59. The van der Waals surface area contributed by atoms with E-state index in [-0.39, 0.29) is 5.91 Å². The molecule has 4 nitrogen and oxygen atoms in total. The number of anilines is 1. The first-order valence-corrected chi connectivity index (χ1v) is 7.29. The van der Waals surface area contributed by atoms with Crippen LogP contribution in [-0.2, 0) is 0 Å². The van der Waals surface area contributed by atoms with E-state index in [2.05, 4.69) is 9.88 Å². The average Bonchev–Trinajstić information content (AvgIpc) is 2.46. The summed E-state index contributed by atoms with van der Waals surface area (Å²) < 4.78 is 0.